The smallest absolute Gasteiger partial charge is 0.243 e. The maximum absolute atomic E-state index is 11.9. The SMILES string of the molecule is N#CCc1ccc(NC(=O)CNc2cccc(CO)c2)cc1. The quantitative estimate of drug-likeness (QED) is 0.763. The lowest BCUT2D eigenvalue weighted by Crippen LogP contribution is -2.21. The van der Waals surface area contributed by atoms with E-state index in [-0.39, 0.29) is 19.1 Å². The molecule has 0 aliphatic rings. The zero-order chi connectivity index (χ0) is 15.8. The molecule has 112 valence electrons. The molecule has 0 radical (unpaired) electrons. The molecule has 1 amide bonds. The van der Waals surface area contributed by atoms with E-state index in [1.165, 1.54) is 0 Å². The molecule has 5 nitrogen and oxygen atoms in total. The average Bonchev–Trinajstić information content (AvgIpc) is 2.55. The third-order valence-electron chi connectivity index (χ3n) is 3.08. The van der Waals surface area contributed by atoms with Gasteiger partial charge >= 0.3 is 0 Å². The van der Waals surface area contributed by atoms with Crippen molar-refractivity contribution in [2.75, 3.05) is 17.2 Å². The lowest BCUT2D eigenvalue weighted by atomic mass is 10.1. The molecule has 5 heteroatoms. The standard InChI is InChI=1S/C17H17N3O2/c18-9-8-13-4-6-15(7-5-13)20-17(22)11-19-16-3-1-2-14(10-16)12-21/h1-7,10,19,21H,8,11-12H2,(H,20,22). The Bertz CT molecular complexity index is 675. The Morgan fingerprint density at radius 3 is 2.55 bits per heavy atom. The second-order valence-corrected chi connectivity index (χ2v) is 4.79. The van der Waals surface area contributed by atoms with E-state index in [1.807, 2.05) is 30.3 Å². The van der Waals surface area contributed by atoms with E-state index in [0.717, 1.165) is 16.8 Å². The van der Waals surface area contributed by atoms with Gasteiger partial charge in [0.2, 0.25) is 5.91 Å². The third kappa shape index (κ3) is 4.62. The molecule has 3 N–H and O–H groups in total. The van der Waals surface area contributed by atoms with Crippen molar-refractivity contribution in [3.05, 3.63) is 59.7 Å². The van der Waals surface area contributed by atoms with Crippen molar-refractivity contribution < 1.29 is 9.90 Å². The number of carbonyl (C=O) groups is 1. The fourth-order valence-electron chi connectivity index (χ4n) is 1.96. The molecule has 2 aromatic carbocycles. The van der Waals surface area contributed by atoms with E-state index >= 15 is 0 Å². The summed E-state index contributed by atoms with van der Waals surface area (Å²) in [6, 6.07) is 16.5. The van der Waals surface area contributed by atoms with Gasteiger partial charge in [-0.1, -0.05) is 24.3 Å². The Balaban J connectivity index is 1.86. The molecule has 0 aromatic heterocycles. The number of aliphatic hydroxyl groups excluding tert-OH is 1. The summed E-state index contributed by atoms with van der Waals surface area (Å²) in [5.74, 6) is -0.164. The highest BCUT2D eigenvalue weighted by molar-refractivity contribution is 5.93. The lowest BCUT2D eigenvalue weighted by Gasteiger charge is -2.09. The zero-order valence-corrected chi connectivity index (χ0v) is 12.0. The van der Waals surface area contributed by atoms with Crippen molar-refractivity contribution in [2.45, 2.75) is 13.0 Å². The van der Waals surface area contributed by atoms with Crippen LogP contribution in [0.3, 0.4) is 0 Å². The Morgan fingerprint density at radius 2 is 1.86 bits per heavy atom. The van der Waals surface area contributed by atoms with Crippen molar-refractivity contribution in [3.8, 4) is 6.07 Å². The Morgan fingerprint density at radius 1 is 1.09 bits per heavy atom. The van der Waals surface area contributed by atoms with Gasteiger partial charge in [0.1, 0.15) is 0 Å². The fraction of sp³-hybridized carbons (Fsp3) is 0.176. The van der Waals surface area contributed by atoms with Crippen LogP contribution in [0.25, 0.3) is 0 Å². The van der Waals surface area contributed by atoms with Crippen LogP contribution in [0.2, 0.25) is 0 Å². The predicted octanol–water partition coefficient (Wildman–Crippen LogP) is 2.30. The number of rotatable bonds is 6. The van der Waals surface area contributed by atoms with Crippen molar-refractivity contribution >= 4 is 17.3 Å². The summed E-state index contributed by atoms with van der Waals surface area (Å²) in [5, 5.41) is 23.5. The number of hydrogen-bond acceptors (Lipinski definition) is 4. The minimum atomic E-state index is -0.164. The second kappa shape index (κ2) is 7.81. The number of nitrogens with zero attached hydrogens (tertiary/aromatic N) is 1. The molecule has 0 atom stereocenters. The molecule has 0 bridgehead atoms. The summed E-state index contributed by atoms with van der Waals surface area (Å²) in [6.07, 6.45) is 0.358. The van der Waals surface area contributed by atoms with E-state index in [0.29, 0.717) is 12.1 Å². The molecule has 0 aliphatic heterocycles. The summed E-state index contributed by atoms with van der Waals surface area (Å²) in [4.78, 5) is 11.9. The number of nitriles is 1. The normalized spacial score (nSPS) is 9.82. The highest BCUT2D eigenvalue weighted by atomic mass is 16.3. The first-order chi connectivity index (χ1) is 10.7. The molecule has 0 fully saturated rings. The van der Waals surface area contributed by atoms with Crippen LogP contribution in [0.15, 0.2) is 48.5 Å². The molecule has 0 saturated heterocycles. The number of carbonyl (C=O) groups excluding carboxylic acids is 1. The second-order valence-electron chi connectivity index (χ2n) is 4.79. The first-order valence-electron chi connectivity index (χ1n) is 6.90. The molecule has 0 aliphatic carbocycles. The first-order valence-corrected chi connectivity index (χ1v) is 6.90. The molecule has 2 rings (SSSR count). The minimum Gasteiger partial charge on any atom is -0.392 e. The summed E-state index contributed by atoms with van der Waals surface area (Å²) >= 11 is 0. The number of anilines is 2. The number of nitrogens with one attached hydrogen (secondary N) is 2. The summed E-state index contributed by atoms with van der Waals surface area (Å²) < 4.78 is 0. The van der Waals surface area contributed by atoms with Gasteiger partial charge in [-0.2, -0.15) is 5.26 Å². The monoisotopic (exact) mass is 295 g/mol. The van der Waals surface area contributed by atoms with Gasteiger partial charge in [-0.15, -0.1) is 0 Å². The van der Waals surface area contributed by atoms with Crippen LogP contribution in [0.5, 0.6) is 0 Å². The molecule has 2 aromatic rings. The Hall–Kier alpha value is -2.84. The highest BCUT2D eigenvalue weighted by Crippen LogP contribution is 2.12. The average molecular weight is 295 g/mol. The zero-order valence-electron chi connectivity index (χ0n) is 12.0. The maximum Gasteiger partial charge on any atom is 0.243 e. The number of benzene rings is 2. The molecular formula is C17H17N3O2. The van der Waals surface area contributed by atoms with Gasteiger partial charge in [-0.25, -0.2) is 0 Å². The molecule has 0 spiro atoms. The van der Waals surface area contributed by atoms with Crippen LogP contribution in [0.1, 0.15) is 11.1 Å². The number of amides is 1. The predicted molar refractivity (Wildman–Crippen MR) is 85.2 cm³/mol. The molecule has 0 saturated carbocycles. The van der Waals surface area contributed by atoms with Crippen LogP contribution in [-0.2, 0) is 17.8 Å². The van der Waals surface area contributed by atoms with Crippen molar-refractivity contribution in [3.63, 3.8) is 0 Å². The maximum atomic E-state index is 11.9. The highest BCUT2D eigenvalue weighted by Gasteiger charge is 2.03. The third-order valence-corrected chi connectivity index (χ3v) is 3.08. The van der Waals surface area contributed by atoms with Gasteiger partial charge in [0.05, 0.1) is 25.6 Å². The van der Waals surface area contributed by atoms with Crippen LogP contribution in [0, 0.1) is 11.3 Å². The van der Waals surface area contributed by atoms with Gasteiger partial charge in [0.15, 0.2) is 0 Å². The Labute approximate surface area is 129 Å². The van der Waals surface area contributed by atoms with Crippen molar-refractivity contribution in [2.24, 2.45) is 0 Å². The molecular weight excluding hydrogens is 278 g/mol. The van der Waals surface area contributed by atoms with Crippen LogP contribution >= 0.6 is 0 Å². The van der Waals surface area contributed by atoms with Crippen LogP contribution < -0.4 is 10.6 Å². The van der Waals surface area contributed by atoms with E-state index in [4.69, 9.17) is 10.4 Å². The van der Waals surface area contributed by atoms with E-state index in [1.54, 1.807) is 18.2 Å². The van der Waals surface area contributed by atoms with E-state index in [2.05, 4.69) is 16.7 Å². The molecule has 22 heavy (non-hydrogen) atoms. The van der Waals surface area contributed by atoms with Gasteiger partial charge in [0, 0.05) is 11.4 Å². The minimum absolute atomic E-state index is 0.0310. The van der Waals surface area contributed by atoms with Gasteiger partial charge in [-0.3, -0.25) is 4.79 Å². The van der Waals surface area contributed by atoms with Crippen molar-refractivity contribution in [1.82, 2.24) is 0 Å². The van der Waals surface area contributed by atoms with Gasteiger partial charge in [-0.05, 0) is 35.4 Å². The number of hydrogen-bond donors (Lipinski definition) is 3. The summed E-state index contributed by atoms with van der Waals surface area (Å²) in [7, 11) is 0. The topological polar surface area (TPSA) is 85.2 Å². The summed E-state index contributed by atoms with van der Waals surface area (Å²) in [6.45, 7) is 0.103. The number of aliphatic hydroxyl groups is 1. The Kier molecular flexibility index (Phi) is 5.52. The van der Waals surface area contributed by atoms with Crippen LogP contribution in [-0.4, -0.2) is 17.6 Å². The van der Waals surface area contributed by atoms with E-state index < -0.39 is 0 Å². The summed E-state index contributed by atoms with van der Waals surface area (Å²) in [5.41, 5.74) is 3.18. The molecule has 0 unspecified atom stereocenters. The molecule has 0 heterocycles. The van der Waals surface area contributed by atoms with Crippen LogP contribution in [0.4, 0.5) is 11.4 Å². The van der Waals surface area contributed by atoms with Crippen molar-refractivity contribution in [1.29, 1.82) is 5.26 Å². The van der Waals surface area contributed by atoms with Gasteiger partial charge in [0.25, 0.3) is 0 Å². The van der Waals surface area contributed by atoms with Gasteiger partial charge < -0.3 is 15.7 Å². The largest absolute Gasteiger partial charge is 0.392 e. The van der Waals surface area contributed by atoms with E-state index in [9.17, 15) is 4.79 Å². The fourth-order valence-corrected chi connectivity index (χ4v) is 1.96. The lowest BCUT2D eigenvalue weighted by molar-refractivity contribution is -0.114. The first kappa shape index (κ1) is 15.5.